The van der Waals surface area contributed by atoms with Gasteiger partial charge in [0.25, 0.3) is 0 Å². The Kier molecular flexibility index (Phi) is 2.30. The van der Waals surface area contributed by atoms with Gasteiger partial charge < -0.3 is 10.1 Å². The maximum absolute atomic E-state index is 6.18. The minimum Gasteiger partial charge on any atom is -0.365 e. The predicted octanol–water partition coefficient (Wildman–Crippen LogP) is 2.35. The molecule has 2 heteroatoms. The van der Waals surface area contributed by atoms with E-state index in [-0.39, 0.29) is 5.60 Å². The molecule has 2 aliphatic heterocycles. The average Bonchev–Trinajstić information content (AvgIpc) is 2.62. The number of hydrogen-bond acceptors (Lipinski definition) is 2. The van der Waals surface area contributed by atoms with Crippen LogP contribution >= 0.6 is 0 Å². The molecule has 1 saturated heterocycles. The number of rotatable bonds is 0. The Bertz CT molecular complexity index is 415. The molecule has 0 saturated carbocycles. The lowest BCUT2D eigenvalue weighted by Gasteiger charge is -2.40. The van der Waals surface area contributed by atoms with Crippen LogP contribution in [0.5, 0.6) is 0 Å². The van der Waals surface area contributed by atoms with E-state index >= 15 is 0 Å². The molecule has 0 amide bonds. The molecule has 0 aromatic heterocycles. The van der Waals surface area contributed by atoms with Crippen molar-refractivity contribution in [2.75, 3.05) is 13.1 Å². The molecule has 2 heterocycles. The second-order valence-corrected chi connectivity index (χ2v) is 5.19. The SMILES string of the molecule is Cc1ccc2c(c1)CO[C@@]21CCNC[C@H]1C. The maximum atomic E-state index is 6.18. The van der Waals surface area contributed by atoms with E-state index in [9.17, 15) is 0 Å². The van der Waals surface area contributed by atoms with Crippen LogP contribution in [-0.4, -0.2) is 13.1 Å². The van der Waals surface area contributed by atoms with E-state index in [1.807, 2.05) is 0 Å². The number of benzene rings is 1. The summed E-state index contributed by atoms with van der Waals surface area (Å²) in [5, 5.41) is 3.45. The zero-order chi connectivity index (χ0) is 11.2. The highest BCUT2D eigenvalue weighted by Crippen LogP contribution is 2.45. The summed E-state index contributed by atoms with van der Waals surface area (Å²) in [6, 6.07) is 6.77. The van der Waals surface area contributed by atoms with Crippen LogP contribution in [0.4, 0.5) is 0 Å². The van der Waals surface area contributed by atoms with Crippen LogP contribution in [0.1, 0.15) is 30.0 Å². The number of fused-ring (bicyclic) bond motifs is 2. The predicted molar refractivity (Wildman–Crippen MR) is 64.3 cm³/mol. The van der Waals surface area contributed by atoms with Gasteiger partial charge in [0, 0.05) is 12.5 Å². The summed E-state index contributed by atoms with van der Waals surface area (Å²) < 4.78 is 6.18. The van der Waals surface area contributed by atoms with E-state index in [4.69, 9.17) is 4.74 Å². The quantitative estimate of drug-likeness (QED) is 0.720. The van der Waals surface area contributed by atoms with Gasteiger partial charge in [-0.05, 0) is 31.0 Å². The lowest BCUT2D eigenvalue weighted by molar-refractivity contribution is -0.0931. The summed E-state index contributed by atoms with van der Waals surface area (Å²) in [5.74, 6) is 0.560. The van der Waals surface area contributed by atoms with Crippen molar-refractivity contribution >= 4 is 0 Å². The van der Waals surface area contributed by atoms with Crippen LogP contribution in [0.3, 0.4) is 0 Å². The monoisotopic (exact) mass is 217 g/mol. The average molecular weight is 217 g/mol. The first-order chi connectivity index (χ1) is 7.72. The summed E-state index contributed by atoms with van der Waals surface area (Å²) in [5.41, 5.74) is 4.16. The summed E-state index contributed by atoms with van der Waals surface area (Å²) in [4.78, 5) is 0. The van der Waals surface area contributed by atoms with Crippen LogP contribution in [-0.2, 0) is 16.9 Å². The summed E-state index contributed by atoms with van der Waals surface area (Å²) in [6.07, 6.45) is 1.10. The zero-order valence-electron chi connectivity index (χ0n) is 10.0. The van der Waals surface area contributed by atoms with Gasteiger partial charge >= 0.3 is 0 Å². The fourth-order valence-electron chi connectivity index (χ4n) is 3.16. The van der Waals surface area contributed by atoms with Gasteiger partial charge in [0.2, 0.25) is 0 Å². The van der Waals surface area contributed by atoms with E-state index in [1.54, 1.807) is 0 Å². The molecule has 16 heavy (non-hydrogen) atoms. The fourth-order valence-corrected chi connectivity index (χ4v) is 3.16. The van der Waals surface area contributed by atoms with Gasteiger partial charge in [-0.25, -0.2) is 0 Å². The van der Waals surface area contributed by atoms with Crippen molar-refractivity contribution in [1.29, 1.82) is 0 Å². The smallest absolute Gasteiger partial charge is 0.0988 e. The van der Waals surface area contributed by atoms with Gasteiger partial charge in [0.15, 0.2) is 0 Å². The first-order valence-electron chi connectivity index (χ1n) is 6.17. The lowest BCUT2D eigenvalue weighted by Crippen LogP contribution is -2.46. The Morgan fingerprint density at radius 2 is 2.31 bits per heavy atom. The third-order valence-corrected chi connectivity index (χ3v) is 4.12. The number of hydrogen-bond donors (Lipinski definition) is 1. The molecule has 3 rings (SSSR count). The van der Waals surface area contributed by atoms with Gasteiger partial charge in [0.05, 0.1) is 12.2 Å². The van der Waals surface area contributed by atoms with E-state index in [1.165, 1.54) is 16.7 Å². The Morgan fingerprint density at radius 1 is 1.44 bits per heavy atom. The normalized spacial score (nSPS) is 33.0. The van der Waals surface area contributed by atoms with Crippen molar-refractivity contribution in [2.24, 2.45) is 5.92 Å². The highest BCUT2D eigenvalue weighted by molar-refractivity contribution is 5.39. The first-order valence-corrected chi connectivity index (χ1v) is 6.17. The van der Waals surface area contributed by atoms with E-state index in [2.05, 4.69) is 37.4 Å². The molecule has 2 aliphatic rings. The van der Waals surface area contributed by atoms with E-state index in [0.717, 1.165) is 26.1 Å². The summed E-state index contributed by atoms with van der Waals surface area (Å²) in [7, 11) is 0. The standard InChI is InChI=1S/C14H19NO/c1-10-3-4-13-12(7-10)9-16-14(13)5-6-15-8-11(14)2/h3-4,7,11,15H,5-6,8-9H2,1-2H3/t11-,14-/m1/s1. The minimum absolute atomic E-state index is 0.00567. The number of ether oxygens (including phenoxy) is 1. The van der Waals surface area contributed by atoms with Crippen LogP contribution in [0.15, 0.2) is 18.2 Å². The molecular formula is C14H19NO. The van der Waals surface area contributed by atoms with Crippen molar-refractivity contribution in [3.8, 4) is 0 Å². The van der Waals surface area contributed by atoms with Gasteiger partial charge in [-0.3, -0.25) is 0 Å². The molecule has 2 atom stereocenters. The largest absolute Gasteiger partial charge is 0.365 e. The first kappa shape index (κ1) is 10.3. The third-order valence-electron chi connectivity index (χ3n) is 4.12. The van der Waals surface area contributed by atoms with Crippen molar-refractivity contribution in [2.45, 2.75) is 32.5 Å². The Labute approximate surface area is 97.0 Å². The fraction of sp³-hybridized carbons (Fsp3) is 0.571. The number of piperidine rings is 1. The van der Waals surface area contributed by atoms with E-state index < -0.39 is 0 Å². The van der Waals surface area contributed by atoms with Crippen LogP contribution in [0, 0.1) is 12.8 Å². The van der Waals surface area contributed by atoms with Crippen molar-refractivity contribution in [3.63, 3.8) is 0 Å². The molecule has 1 aromatic carbocycles. The second kappa shape index (κ2) is 3.57. The van der Waals surface area contributed by atoms with Crippen LogP contribution < -0.4 is 5.32 Å². The Morgan fingerprint density at radius 3 is 3.12 bits per heavy atom. The molecule has 86 valence electrons. The van der Waals surface area contributed by atoms with Crippen LogP contribution in [0.2, 0.25) is 0 Å². The molecule has 0 unspecified atom stereocenters. The maximum Gasteiger partial charge on any atom is 0.0988 e. The molecule has 1 N–H and O–H groups in total. The number of aryl methyl sites for hydroxylation is 1. The summed E-state index contributed by atoms with van der Waals surface area (Å²) in [6.45, 7) is 7.37. The molecule has 2 nitrogen and oxygen atoms in total. The molecule has 1 aromatic rings. The Hall–Kier alpha value is -0.860. The van der Waals surface area contributed by atoms with Crippen LogP contribution in [0.25, 0.3) is 0 Å². The van der Waals surface area contributed by atoms with Crippen molar-refractivity contribution in [1.82, 2.24) is 5.32 Å². The molecule has 0 aliphatic carbocycles. The molecule has 0 bridgehead atoms. The summed E-state index contributed by atoms with van der Waals surface area (Å²) >= 11 is 0. The van der Waals surface area contributed by atoms with Crippen molar-refractivity contribution < 1.29 is 4.74 Å². The Balaban J connectivity index is 2.06. The van der Waals surface area contributed by atoms with Gasteiger partial charge in [-0.15, -0.1) is 0 Å². The van der Waals surface area contributed by atoms with Gasteiger partial charge in [-0.1, -0.05) is 30.7 Å². The van der Waals surface area contributed by atoms with Gasteiger partial charge in [-0.2, -0.15) is 0 Å². The molecular weight excluding hydrogens is 198 g/mol. The second-order valence-electron chi connectivity index (χ2n) is 5.19. The highest BCUT2D eigenvalue weighted by atomic mass is 16.5. The van der Waals surface area contributed by atoms with Crippen molar-refractivity contribution in [3.05, 3.63) is 34.9 Å². The topological polar surface area (TPSA) is 21.3 Å². The highest BCUT2D eigenvalue weighted by Gasteiger charge is 2.45. The zero-order valence-corrected chi connectivity index (χ0v) is 10.0. The molecule has 1 spiro atoms. The van der Waals surface area contributed by atoms with E-state index in [0.29, 0.717) is 5.92 Å². The van der Waals surface area contributed by atoms with Gasteiger partial charge in [0.1, 0.15) is 0 Å². The molecule has 0 radical (unpaired) electrons. The number of nitrogens with one attached hydrogen (secondary N) is 1. The molecule has 1 fully saturated rings. The lowest BCUT2D eigenvalue weighted by atomic mass is 9.77. The minimum atomic E-state index is -0.00567. The third kappa shape index (κ3) is 1.33.